The maximum absolute atomic E-state index is 12.5. The number of nitrogens with zero attached hydrogens (tertiary/aromatic N) is 4. The van der Waals surface area contributed by atoms with Gasteiger partial charge in [-0.2, -0.15) is 31.3 Å². The van der Waals surface area contributed by atoms with Crippen LogP contribution in [-0.4, -0.2) is 74.6 Å². The number of carboxylic acids is 2. The fraction of sp³-hybridized carbons (Fsp3) is 0.182. The molecule has 1 aromatic carbocycles. The minimum atomic E-state index is -5.08. The lowest BCUT2D eigenvalue weighted by molar-refractivity contribution is -0.193. The molecule has 0 aliphatic carbocycles. The molecular formula is C22H18F6N6O6S. The number of aromatic amines is 1. The summed E-state index contributed by atoms with van der Waals surface area (Å²) in [6.45, 7) is 0. The monoisotopic (exact) mass is 608 g/mol. The van der Waals surface area contributed by atoms with Gasteiger partial charge < -0.3 is 25.3 Å². The van der Waals surface area contributed by atoms with Crippen LogP contribution in [0.2, 0.25) is 0 Å². The SMILES string of the molecule is COc1cccc(N(C)C(=O)Nc2ccc3nc(-c4cscn4)[nH]c3c2)n1.O=C(O)C(F)(F)F.O=C(O)C(F)(F)F. The molecule has 19 heteroatoms. The number of pyridine rings is 1. The van der Waals surface area contributed by atoms with E-state index in [0.717, 1.165) is 16.7 Å². The molecule has 41 heavy (non-hydrogen) atoms. The van der Waals surface area contributed by atoms with Crippen LogP contribution in [0, 0.1) is 0 Å². The van der Waals surface area contributed by atoms with Crippen LogP contribution in [0.4, 0.5) is 42.6 Å². The van der Waals surface area contributed by atoms with E-state index < -0.39 is 24.3 Å². The first-order chi connectivity index (χ1) is 19.0. The van der Waals surface area contributed by atoms with Crippen molar-refractivity contribution < 1.29 is 55.7 Å². The summed E-state index contributed by atoms with van der Waals surface area (Å²) < 4.78 is 68.6. The fourth-order valence-corrected chi connectivity index (χ4v) is 3.09. The van der Waals surface area contributed by atoms with E-state index in [9.17, 15) is 31.1 Å². The van der Waals surface area contributed by atoms with E-state index in [1.165, 1.54) is 23.3 Å². The molecule has 4 aromatic rings. The van der Waals surface area contributed by atoms with Crippen LogP contribution < -0.4 is 15.0 Å². The molecule has 12 nitrogen and oxygen atoms in total. The van der Waals surface area contributed by atoms with Gasteiger partial charge in [-0.15, -0.1) is 11.3 Å². The fourth-order valence-electron chi connectivity index (χ4n) is 2.55. The molecule has 0 fully saturated rings. The molecule has 0 unspecified atom stereocenters. The number of alkyl halides is 6. The number of benzene rings is 1. The van der Waals surface area contributed by atoms with Crippen LogP contribution in [0.25, 0.3) is 22.6 Å². The largest absolute Gasteiger partial charge is 0.490 e. The van der Waals surface area contributed by atoms with Crippen molar-refractivity contribution in [2.45, 2.75) is 12.4 Å². The number of halogens is 6. The number of hydrogen-bond donors (Lipinski definition) is 4. The number of rotatable bonds is 4. The van der Waals surface area contributed by atoms with Crippen LogP contribution in [0.5, 0.6) is 5.88 Å². The minimum absolute atomic E-state index is 0.311. The van der Waals surface area contributed by atoms with Crippen LogP contribution in [0.1, 0.15) is 0 Å². The van der Waals surface area contributed by atoms with Crippen molar-refractivity contribution in [3.05, 3.63) is 47.3 Å². The second-order valence-corrected chi connectivity index (χ2v) is 8.04. The van der Waals surface area contributed by atoms with Crippen LogP contribution in [0.15, 0.2) is 47.3 Å². The van der Waals surface area contributed by atoms with Crippen molar-refractivity contribution in [3.8, 4) is 17.4 Å². The highest BCUT2D eigenvalue weighted by molar-refractivity contribution is 7.07. The Morgan fingerprint density at radius 2 is 1.61 bits per heavy atom. The lowest BCUT2D eigenvalue weighted by Crippen LogP contribution is -2.31. The summed E-state index contributed by atoms with van der Waals surface area (Å²) in [6, 6.07) is 10.4. The summed E-state index contributed by atoms with van der Waals surface area (Å²) in [5.41, 5.74) is 4.83. The predicted molar refractivity (Wildman–Crippen MR) is 133 cm³/mol. The maximum atomic E-state index is 12.5. The van der Waals surface area contributed by atoms with Gasteiger partial charge in [-0.05, 0) is 24.3 Å². The molecule has 3 heterocycles. The average molecular weight is 608 g/mol. The zero-order valence-electron chi connectivity index (χ0n) is 20.6. The second kappa shape index (κ2) is 13.4. The number of aromatic nitrogens is 4. The molecule has 0 aliphatic heterocycles. The molecule has 4 N–H and O–H groups in total. The number of nitrogens with one attached hydrogen (secondary N) is 2. The molecule has 0 aliphatic rings. The van der Waals surface area contributed by atoms with Crippen LogP contribution in [-0.2, 0) is 9.59 Å². The number of carbonyl (C=O) groups is 3. The molecule has 0 radical (unpaired) electrons. The third-order valence-electron chi connectivity index (χ3n) is 4.46. The maximum Gasteiger partial charge on any atom is 0.490 e. The number of carboxylic acid groups (broad SMARTS) is 2. The topological polar surface area (TPSA) is 171 Å². The van der Waals surface area contributed by atoms with Crippen LogP contribution >= 0.6 is 11.3 Å². The van der Waals surface area contributed by atoms with Gasteiger partial charge in [0.15, 0.2) is 5.82 Å². The lowest BCUT2D eigenvalue weighted by atomic mass is 10.3. The van der Waals surface area contributed by atoms with Crippen LogP contribution in [0.3, 0.4) is 0 Å². The summed E-state index contributed by atoms with van der Waals surface area (Å²) >= 11 is 1.51. The van der Waals surface area contributed by atoms with Gasteiger partial charge in [0, 0.05) is 24.2 Å². The highest BCUT2D eigenvalue weighted by atomic mass is 32.1. The molecule has 2 amide bonds. The highest BCUT2D eigenvalue weighted by Gasteiger charge is 2.38. The molecule has 4 rings (SSSR count). The number of carbonyl (C=O) groups excluding carboxylic acids is 1. The molecule has 0 saturated carbocycles. The smallest absolute Gasteiger partial charge is 0.481 e. The van der Waals surface area contributed by atoms with Gasteiger partial charge in [0.1, 0.15) is 11.5 Å². The van der Waals surface area contributed by atoms with Gasteiger partial charge in [0.2, 0.25) is 5.88 Å². The van der Waals surface area contributed by atoms with Gasteiger partial charge in [0.05, 0.1) is 23.7 Å². The van der Waals surface area contributed by atoms with E-state index in [0.29, 0.717) is 23.2 Å². The number of aliphatic carboxylic acids is 2. The molecule has 0 bridgehead atoms. The third kappa shape index (κ3) is 9.64. The van der Waals surface area contributed by atoms with Crippen molar-refractivity contribution in [3.63, 3.8) is 0 Å². The van der Waals surface area contributed by atoms with E-state index in [1.54, 1.807) is 36.8 Å². The Kier molecular flexibility index (Phi) is 10.6. The second-order valence-electron chi connectivity index (χ2n) is 7.32. The quantitative estimate of drug-likeness (QED) is 0.232. The number of anilines is 2. The van der Waals surface area contributed by atoms with Crippen molar-refractivity contribution in [2.75, 3.05) is 24.4 Å². The Bertz CT molecular complexity index is 1470. The standard InChI is InChI=1S/C18H16N6O2S.2C2HF3O2/c1-24(15-4-3-5-16(23-15)26-2)18(25)20-11-6-7-12-13(8-11)22-17(21-12)14-9-27-10-19-14;2*3-2(4,5)1(6)7/h3-10H,1-2H3,(H,20,25)(H,21,22);2*(H,6,7). The number of H-pyrrole nitrogens is 1. The Labute approximate surface area is 229 Å². The van der Waals surface area contributed by atoms with Gasteiger partial charge in [0.25, 0.3) is 0 Å². The van der Waals surface area contributed by atoms with Crippen molar-refractivity contribution >= 4 is 51.8 Å². The summed E-state index contributed by atoms with van der Waals surface area (Å²) in [4.78, 5) is 48.0. The molecule has 3 aromatic heterocycles. The van der Waals surface area contributed by atoms with E-state index in [4.69, 9.17) is 24.5 Å². The first kappa shape index (κ1) is 32.3. The van der Waals surface area contributed by atoms with E-state index >= 15 is 0 Å². The number of imidazole rings is 1. The first-order valence-corrected chi connectivity index (χ1v) is 11.5. The van der Waals surface area contributed by atoms with E-state index in [-0.39, 0.29) is 6.03 Å². The zero-order chi connectivity index (χ0) is 31.0. The normalized spacial score (nSPS) is 10.9. The highest BCUT2D eigenvalue weighted by Crippen LogP contribution is 2.23. The average Bonchev–Trinajstić information content (AvgIpc) is 3.58. The van der Waals surface area contributed by atoms with Gasteiger partial charge in [-0.25, -0.2) is 24.4 Å². The Morgan fingerprint density at radius 1 is 1.00 bits per heavy atom. The number of fused-ring (bicyclic) bond motifs is 1. The van der Waals surface area contributed by atoms with Gasteiger partial charge >= 0.3 is 30.3 Å². The number of amides is 2. The zero-order valence-corrected chi connectivity index (χ0v) is 21.4. The van der Waals surface area contributed by atoms with Crippen molar-refractivity contribution in [1.29, 1.82) is 0 Å². The summed E-state index contributed by atoms with van der Waals surface area (Å²) in [7, 11) is 3.18. The third-order valence-corrected chi connectivity index (χ3v) is 5.05. The Hall–Kier alpha value is -4.94. The summed E-state index contributed by atoms with van der Waals surface area (Å²) in [5, 5.41) is 19.0. The summed E-state index contributed by atoms with van der Waals surface area (Å²) in [5.74, 6) is -3.88. The number of urea groups is 1. The predicted octanol–water partition coefficient (Wildman–Crippen LogP) is 5.02. The molecule has 0 atom stereocenters. The number of hydrogen-bond acceptors (Lipinski definition) is 8. The molecular weight excluding hydrogens is 590 g/mol. The van der Waals surface area contributed by atoms with E-state index in [2.05, 4.69) is 25.3 Å². The first-order valence-electron chi connectivity index (χ1n) is 10.6. The van der Waals surface area contributed by atoms with Gasteiger partial charge in [-0.3, -0.25) is 4.90 Å². The Balaban J connectivity index is 0.000000349. The number of methoxy groups -OCH3 is 1. The van der Waals surface area contributed by atoms with Crippen molar-refractivity contribution in [2.24, 2.45) is 0 Å². The van der Waals surface area contributed by atoms with Gasteiger partial charge in [-0.1, -0.05) is 6.07 Å². The number of ether oxygens (including phenoxy) is 1. The van der Waals surface area contributed by atoms with E-state index in [1.807, 2.05) is 17.5 Å². The lowest BCUT2D eigenvalue weighted by Gasteiger charge is -2.17. The van der Waals surface area contributed by atoms with Crippen molar-refractivity contribution in [1.82, 2.24) is 19.9 Å². The minimum Gasteiger partial charge on any atom is -0.481 e. The number of thiazole rings is 1. The molecule has 0 spiro atoms. The summed E-state index contributed by atoms with van der Waals surface area (Å²) in [6.07, 6.45) is -10.2. The Morgan fingerprint density at radius 3 is 2.12 bits per heavy atom. The molecule has 0 saturated heterocycles. The molecule has 220 valence electrons.